The number of nitrogens with zero attached hydrogens (tertiary/aromatic N) is 1. The van der Waals surface area contributed by atoms with E-state index in [1.807, 2.05) is 54.3 Å². The number of rotatable bonds is 7. The maximum atomic E-state index is 12.4. The second-order valence-corrected chi connectivity index (χ2v) is 5.95. The Morgan fingerprint density at radius 3 is 2.36 bits per heavy atom. The molecular weight excluding hydrogens is 332 g/mol. The van der Waals surface area contributed by atoms with Crippen molar-refractivity contribution in [3.63, 3.8) is 0 Å². The number of ether oxygens (including phenoxy) is 1. The van der Waals surface area contributed by atoms with Crippen LogP contribution in [0.15, 0.2) is 54.6 Å². The fourth-order valence-electron chi connectivity index (χ4n) is 2.33. The van der Waals surface area contributed by atoms with E-state index in [0.29, 0.717) is 23.8 Å². The lowest BCUT2D eigenvalue weighted by molar-refractivity contribution is 0.0977. The lowest BCUT2D eigenvalue weighted by Gasteiger charge is -2.23. The number of anilines is 1. The van der Waals surface area contributed by atoms with Gasteiger partial charge in [0.25, 0.3) is 5.91 Å². The van der Waals surface area contributed by atoms with Gasteiger partial charge in [-0.3, -0.25) is 10.1 Å². The van der Waals surface area contributed by atoms with Crippen LogP contribution in [0.1, 0.15) is 37.0 Å². The van der Waals surface area contributed by atoms with Crippen molar-refractivity contribution >= 4 is 28.9 Å². The number of benzene rings is 2. The minimum Gasteiger partial charge on any atom is -0.494 e. The summed E-state index contributed by atoms with van der Waals surface area (Å²) in [5.74, 6) is 0.548. The zero-order chi connectivity index (χ0) is 18.1. The summed E-state index contributed by atoms with van der Waals surface area (Å²) in [6.45, 7) is 5.48. The van der Waals surface area contributed by atoms with Gasteiger partial charge in [0.15, 0.2) is 5.11 Å². The van der Waals surface area contributed by atoms with Crippen molar-refractivity contribution in [3.05, 3.63) is 60.2 Å². The minimum atomic E-state index is -0.223. The molecule has 0 saturated carbocycles. The van der Waals surface area contributed by atoms with Crippen LogP contribution < -0.4 is 15.0 Å². The van der Waals surface area contributed by atoms with E-state index in [1.54, 1.807) is 12.1 Å². The Morgan fingerprint density at radius 1 is 1.08 bits per heavy atom. The molecule has 2 aromatic rings. The van der Waals surface area contributed by atoms with Crippen LogP contribution in [0.25, 0.3) is 0 Å². The third-order valence-electron chi connectivity index (χ3n) is 3.73. The zero-order valence-corrected chi connectivity index (χ0v) is 15.5. The van der Waals surface area contributed by atoms with Crippen LogP contribution in [-0.2, 0) is 0 Å². The Morgan fingerprint density at radius 2 is 1.76 bits per heavy atom. The van der Waals surface area contributed by atoms with Crippen molar-refractivity contribution in [2.75, 3.05) is 18.1 Å². The molecule has 0 radical (unpaired) electrons. The first kappa shape index (κ1) is 18.9. The lowest BCUT2D eigenvalue weighted by atomic mass is 10.2. The molecule has 0 atom stereocenters. The Labute approximate surface area is 154 Å². The van der Waals surface area contributed by atoms with Gasteiger partial charge < -0.3 is 9.64 Å². The summed E-state index contributed by atoms with van der Waals surface area (Å²) >= 11 is 5.40. The normalized spacial score (nSPS) is 10.2. The molecule has 1 N–H and O–H groups in total. The molecule has 25 heavy (non-hydrogen) atoms. The average molecular weight is 356 g/mol. The molecule has 0 aliphatic carbocycles. The van der Waals surface area contributed by atoms with Gasteiger partial charge in [0.05, 0.1) is 6.61 Å². The molecule has 0 aliphatic heterocycles. The molecular formula is C20H24N2O2S. The number of amides is 1. The van der Waals surface area contributed by atoms with Gasteiger partial charge in [-0.2, -0.15) is 0 Å². The van der Waals surface area contributed by atoms with Crippen molar-refractivity contribution in [1.29, 1.82) is 0 Å². The largest absolute Gasteiger partial charge is 0.494 e. The predicted molar refractivity (Wildman–Crippen MR) is 106 cm³/mol. The second-order valence-electron chi connectivity index (χ2n) is 5.57. The molecule has 2 aromatic carbocycles. The third kappa shape index (κ3) is 5.57. The number of unbranched alkanes of at least 4 members (excludes halogenated alkanes) is 1. The summed E-state index contributed by atoms with van der Waals surface area (Å²) < 4.78 is 5.61. The minimum absolute atomic E-state index is 0.223. The van der Waals surface area contributed by atoms with Crippen LogP contribution in [0.4, 0.5) is 5.69 Å². The maximum Gasteiger partial charge on any atom is 0.257 e. The summed E-state index contributed by atoms with van der Waals surface area (Å²) in [7, 11) is 0. The van der Waals surface area contributed by atoms with Gasteiger partial charge >= 0.3 is 0 Å². The van der Waals surface area contributed by atoms with Gasteiger partial charge in [-0.15, -0.1) is 0 Å². The quantitative estimate of drug-likeness (QED) is 0.589. The topological polar surface area (TPSA) is 41.6 Å². The van der Waals surface area contributed by atoms with E-state index in [-0.39, 0.29) is 5.91 Å². The monoisotopic (exact) mass is 356 g/mol. The molecule has 1 amide bonds. The first-order valence-electron chi connectivity index (χ1n) is 8.56. The summed E-state index contributed by atoms with van der Waals surface area (Å²) in [4.78, 5) is 14.3. The number of thiocarbonyl (C=S) groups is 1. The van der Waals surface area contributed by atoms with Gasteiger partial charge in [-0.05, 0) is 62.0 Å². The van der Waals surface area contributed by atoms with E-state index < -0.39 is 0 Å². The molecule has 2 rings (SSSR count). The Kier molecular flexibility index (Phi) is 7.41. The highest BCUT2D eigenvalue weighted by Gasteiger charge is 2.14. The van der Waals surface area contributed by atoms with Crippen molar-refractivity contribution < 1.29 is 9.53 Å². The fourth-order valence-corrected chi connectivity index (χ4v) is 2.65. The highest BCUT2D eigenvalue weighted by atomic mass is 32.1. The molecule has 0 spiro atoms. The van der Waals surface area contributed by atoms with Gasteiger partial charge in [-0.1, -0.05) is 31.5 Å². The molecule has 0 heterocycles. The molecule has 0 aromatic heterocycles. The van der Waals surface area contributed by atoms with Crippen molar-refractivity contribution in [2.24, 2.45) is 0 Å². The lowest BCUT2D eigenvalue weighted by Crippen LogP contribution is -2.42. The zero-order valence-electron chi connectivity index (χ0n) is 14.7. The predicted octanol–water partition coefficient (Wildman–Crippen LogP) is 4.41. The van der Waals surface area contributed by atoms with E-state index in [1.165, 1.54) is 0 Å². The SMILES string of the molecule is CCCCOc1ccc(C(=O)NC(=S)N(CC)c2ccccc2)cc1. The number of nitrogens with one attached hydrogen (secondary N) is 1. The Bertz CT molecular complexity index is 687. The van der Waals surface area contributed by atoms with Crippen molar-refractivity contribution in [1.82, 2.24) is 5.32 Å². The Balaban J connectivity index is 1.97. The molecule has 5 heteroatoms. The first-order chi connectivity index (χ1) is 12.2. The smallest absolute Gasteiger partial charge is 0.257 e. The van der Waals surface area contributed by atoms with E-state index in [4.69, 9.17) is 17.0 Å². The van der Waals surface area contributed by atoms with Crippen LogP contribution in [0.2, 0.25) is 0 Å². The summed E-state index contributed by atoms with van der Waals surface area (Å²) in [5, 5.41) is 3.19. The number of hydrogen-bond acceptors (Lipinski definition) is 3. The van der Waals surface area contributed by atoms with Crippen LogP contribution in [0.3, 0.4) is 0 Å². The van der Waals surface area contributed by atoms with E-state index in [2.05, 4.69) is 12.2 Å². The van der Waals surface area contributed by atoms with Crippen LogP contribution in [0, 0.1) is 0 Å². The van der Waals surface area contributed by atoms with E-state index in [9.17, 15) is 4.79 Å². The summed E-state index contributed by atoms with van der Waals surface area (Å²) in [6.07, 6.45) is 2.11. The highest BCUT2D eigenvalue weighted by Crippen LogP contribution is 2.15. The second kappa shape index (κ2) is 9.79. The van der Waals surface area contributed by atoms with E-state index >= 15 is 0 Å². The molecule has 0 saturated heterocycles. The molecule has 0 bridgehead atoms. The van der Waals surface area contributed by atoms with Crippen molar-refractivity contribution in [3.8, 4) is 5.75 Å². The highest BCUT2D eigenvalue weighted by molar-refractivity contribution is 7.80. The van der Waals surface area contributed by atoms with Gasteiger partial charge in [0, 0.05) is 17.8 Å². The Hall–Kier alpha value is -2.40. The average Bonchev–Trinajstić information content (AvgIpc) is 2.64. The molecule has 0 aliphatic rings. The van der Waals surface area contributed by atoms with Gasteiger partial charge in [0.2, 0.25) is 0 Å². The van der Waals surface area contributed by atoms with Crippen LogP contribution >= 0.6 is 12.2 Å². The fraction of sp³-hybridized carbons (Fsp3) is 0.300. The standard InChI is InChI=1S/C20H24N2O2S/c1-3-5-15-24-18-13-11-16(12-14-18)19(23)21-20(25)22(4-2)17-9-7-6-8-10-17/h6-14H,3-5,15H2,1-2H3,(H,21,23,25). The van der Waals surface area contributed by atoms with Gasteiger partial charge in [-0.25, -0.2) is 0 Å². The van der Waals surface area contributed by atoms with Gasteiger partial charge in [0.1, 0.15) is 5.75 Å². The number of hydrogen-bond donors (Lipinski definition) is 1. The summed E-state index contributed by atoms with van der Waals surface area (Å²) in [6, 6.07) is 16.9. The third-order valence-corrected chi connectivity index (χ3v) is 4.06. The number of carbonyl (C=O) groups is 1. The molecule has 0 unspecified atom stereocenters. The number of carbonyl (C=O) groups excluding carboxylic acids is 1. The van der Waals surface area contributed by atoms with Crippen molar-refractivity contribution in [2.45, 2.75) is 26.7 Å². The maximum absolute atomic E-state index is 12.4. The van der Waals surface area contributed by atoms with E-state index in [0.717, 1.165) is 24.3 Å². The summed E-state index contributed by atoms with van der Waals surface area (Å²) in [5.41, 5.74) is 1.50. The first-order valence-corrected chi connectivity index (χ1v) is 8.97. The molecule has 4 nitrogen and oxygen atoms in total. The molecule has 132 valence electrons. The molecule has 0 fully saturated rings. The van der Waals surface area contributed by atoms with Crippen LogP contribution in [-0.4, -0.2) is 24.2 Å². The van der Waals surface area contributed by atoms with Crippen LogP contribution in [0.5, 0.6) is 5.75 Å². The number of para-hydroxylation sites is 1.